The van der Waals surface area contributed by atoms with Crippen LogP contribution in [0.1, 0.15) is 26.2 Å². The van der Waals surface area contributed by atoms with Crippen LogP contribution in [-0.4, -0.2) is 31.3 Å². The van der Waals surface area contributed by atoms with Crippen LogP contribution in [0, 0.1) is 0 Å². The lowest BCUT2D eigenvalue weighted by Crippen LogP contribution is -2.33. The van der Waals surface area contributed by atoms with Crippen LogP contribution in [0.25, 0.3) is 0 Å². The fourth-order valence-corrected chi connectivity index (χ4v) is 3.24. The third-order valence-corrected chi connectivity index (χ3v) is 4.84. The van der Waals surface area contributed by atoms with Crippen molar-refractivity contribution >= 4 is 40.9 Å². The van der Waals surface area contributed by atoms with Gasteiger partial charge in [0.15, 0.2) is 0 Å². The average molecular weight is 349 g/mol. The van der Waals surface area contributed by atoms with E-state index in [4.69, 9.17) is 23.2 Å². The number of halogens is 2. The summed E-state index contributed by atoms with van der Waals surface area (Å²) in [5.74, 6) is 0.311. The van der Waals surface area contributed by atoms with Crippen LogP contribution in [-0.2, 0) is 4.79 Å². The Morgan fingerprint density at radius 1 is 1.14 bits per heavy atom. The zero-order chi connectivity index (χ0) is 15.5. The van der Waals surface area contributed by atoms with Crippen molar-refractivity contribution in [2.45, 2.75) is 31.1 Å². The molecule has 21 heavy (non-hydrogen) atoms. The summed E-state index contributed by atoms with van der Waals surface area (Å²) in [5.41, 5.74) is 0. The van der Waals surface area contributed by atoms with Gasteiger partial charge in [0.25, 0.3) is 0 Å². The van der Waals surface area contributed by atoms with Crippen LogP contribution in [0.3, 0.4) is 0 Å². The van der Waals surface area contributed by atoms with E-state index in [1.165, 1.54) is 31.0 Å². The van der Waals surface area contributed by atoms with Gasteiger partial charge in [0.1, 0.15) is 0 Å². The molecule has 0 fully saturated rings. The van der Waals surface area contributed by atoms with E-state index in [-0.39, 0.29) is 5.91 Å². The molecule has 1 amide bonds. The van der Waals surface area contributed by atoms with Gasteiger partial charge >= 0.3 is 0 Å². The molecular formula is C15H22Cl2N2OS. The molecule has 6 heteroatoms. The van der Waals surface area contributed by atoms with Crippen LogP contribution in [0.5, 0.6) is 0 Å². The standard InChI is InChI=1S/C15H22Cl2N2OS/c1-2-3-4-8-18-9-10-19-14(20)11-21-15-12(16)6-5-7-13(15)17/h5-7,18H,2-4,8-11H2,1H3,(H,19,20). The maximum absolute atomic E-state index is 11.7. The Balaban J connectivity index is 2.14. The van der Waals surface area contributed by atoms with E-state index in [1.807, 2.05) is 0 Å². The quantitative estimate of drug-likeness (QED) is 0.496. The lowest BCUT2D eigenvalue weighted by Gasteiger charge is -2.08. The molecule has 3 nitrogen and oxygen atoms in total. The number of unbranched alkanes of at least 4 members (excludes halogenated alkanes) is 2. The molecule has 0 aliphatic carbocycles. The summed E-state index contributed by atoms with van der Waals surface area (Å²) in [6.07, 6.45) is 3.65. The maximum atomic E-state index is 11.7. The van der Waals surface area contributed by atoms with Crippen molar-refractivity contribution in [1.82, 2.24) is 10.6 Å². The highest BCUT2D eigenvalue weighted by Crippen LogP contribution is 2.33. The first-order valence-electron chi connectivity index (χ1n) is 7.19. The van der Waals surface area contributed by atoms with Crippen LogP contribution < -0.4 is 10.6 Å². The first kappa shape index (κ1) is 18.6. The van der Waals surface area contributed by atoms with E-state index < -0.39 is 0 Å². The van der Waals surface area contributed by atoms with E-state index in [2.05, 4.69) is 17.6 Å². The molecule has 118 valence electrons. The predicted octanol–water partition coefficient (Wildman–Crippen LogP) is 3.98. The Morgan fingerprint density at radius 2 is 1.86 bits per heavy atom. The number of hydrogen-bond acceptors (Lipinski definition) is 3. The van der Waals surface area contributed by atoms with Crippen LogP contribution in [0.4, 0.5) is 0 Å². The molecule has 0 heterocycles. The van der Waals surface area contributed by atoms with Gasteiger partial charge in [-0.05, 0) is 25.1 Å². The molecule has 0 aromatic heterocycles. The van der Waals surface area contributed by atoms with Crippen molar-refractivity contribution in [3.05, 3.63) is 28.2 Å². The minimum atomic E-state index is -0.00801. The number of nitrogens with one attached hydrogen (secondary N) is 2. The van der Waals surface area contributed by atoms with Gasteiger partial charge in [-0.3, -0.25) is 4.79 Å². The SMILES string of the molecule is CCCCCNCCNC(=O)CSc1c(Cl)cccc1Cl. The Morgan fingerprint density at radius 3 is 2.52 bits per heavy atom. The third kappa shape index (κ3) is 7.96. The summed E-state index contributed by atoms with van der Waals surface area (Å²) in [5, 5.41) is 7.34. The van der Waals surface area contributed by atoms with Crippen LogP contribution in [0.2, 0.25) is 10.0 Å². The molecule has 1 aromatic carbocycles. The largest absolute Gasteiger partial charge is 0.354 e. The van der Waals surface area contributed by atoms with Gasteiger partial charge in [0.05, 0.1) is 15.8 Å². The lowest BCUT2D eigenvalue weighted by molar-refractivity contribution is -0.118. The summed E-state index contributed by atoms with van der Waals surface area (Å²) >= 11 is 13.5. The molecule has 1 rings (SSSR count). The highest BCUT2D eigenvalue weighted by molar-refractivity contribution is 8.00. The maximum Gasteiger partial charge on any atom is 0.230 e. The second-order valence-electron chi connectivity index (χ2n) is 4.65. The molecule has 0 saturated heterocycles. The molecule has 1 aromatic rings. The Hall–Kier alpha value is -0.420. The Kier molecular flexibility index (Phi) is 9.92. The number of carbonyl (C=O) groups is 1. The summed E-state index contributed by atoms with van der Waals surface area (Å²) in [4.78, 5) is 12.5. The average Bonchev–Trinajstić information content (AvgIpc) is 2.46. The minimum absolute atomic E-state index is 0.00801. The molecule has 0 bridgehead atoms. The number of amides is 1. The molecule has 0 aliphatic heterocycles. The molecule has 0 saturated carbocycles. The van der Waals surface area contributed by atoms with Gasteiger partial charge in [-0.2, -0.15) is 0 Å². The van der Waals surface area contributed by atoms with Crippen LogP contribution >= 0.6 is 35.0 Å². The number of benzene rings is 1. The smallest absolute Gasteiger partial charge is 0.230 e. The highest BCUT2D eigenvalue weighted by atomic mass is 35.5. The van der Waals surface area contributed by atoms with Gasteiger partial charge in [-0.25, -0.2) is 0 Å². The van der Waals surface area contributed by atoms with E-state index in [0.29, 0.717) is 22.3 Å². The van der Waals surface area contributed by atoms with Crippen molar-refractivity contribution in [2.24, 2.45) is 0 Å². The number of hydrogen-bond donors (Lipinski definition) is 2. The van der Waals surface area contributed by atoms with E-state index in [1.54, 1.807) is 18.2 Å². The highest BCUT2D eigenvalue weighted by Gasteiger charge is 2.08. The van der Waals surface area contributed by atoms with E-state index in [0.717, 1.165) is 18.0 Å². The van der Waals surface area contributed by atoms with Gasteiger partial charge in [0, 0.05) is 18.0 Å². The Labute approximate surface area is 141 Å². The van der Waals surface area contributed by atoms with Crippen molar-refractivity contribution < 1.29 is 4.79 Å². The zero-order valence-electron chi connectivity index (χ0n) is 12.3. The van der Waals surface area contributed by atoms with Crippen LogP contribution in [0.15, 0.2) is 23.1 Å². The van der Waals surface area contributed by atoms with Crippen molar-refractivity contribution in [1.29, 1.82) is 0 Å². The molecular weight excluding hydrogens is 327 g/mol. The molecule has 0 unspecified atom stereocenters. The van der Waals surface area contributed by atoms with E-state index in [9.17, 15) is 4.79 Å². The number of rotatable bonds is 10. The lowest BCUT2D eigenvalue weighted by atomic mass is 10.2. The summed E-state index contributed by atoms with van der Waals surface area (Å²) in [6, 6.07) is 5.33. The zero-order valence-corrected chi connectivity index (χ0v) is 14.6. The molecule has 0 spiro atoms. The summed E-state index contributed by atoms with van der Waals surface area (Å²) < 4.78 is 0. The number of thioether (sulfide) groups is 1. The first-order valence-corrected chi connectivity index (χ1v) is 8.93. The summed E-state index contributed by atoms with van der Waals surface area (Å²) in [6.45, 7) is 4.63. The fraction of sp³-hybridized carbons (Fsp3) is 0.533. The van der Waals surface area contributed by atoms with Gasteiger partial charge in [-0.1, -0.05) is 49.0 Å². The summed E-state index contributed by atoms with van der Waals surface area (Å²) in [7, 11) is 0. The predicted molar refractivity (Wildman–Crippen MR) is 92.6 cm³/mol. The van der Waals surface area contributed by atoms with Crippen molar-refractivity contribution in [3.8, 4) is 0 Å². The van der Waals surface area contributed by atoms with Gasteiger partial charge in [-0.15, -0.1) is 11.8 Å². The topological polar surface area (TPSA) is 41.1 Å². The van der Waals surface area contributed by atoms with Gasteiger partial charge in [0.2, 0.25) is 5.91 Å². The van der Waals surface area contributed by atoms with E-state index >= 15 is 0 Å². The molecule has 2 N–H and O–H groups in total. The van der Waals surface area contributed by atoms with Crippen molar-refractivity contribution in [2.75, 3.05) is 25.4 Å². The van der Waals surface area contributed by atoms with Gasteiger partial charge < -0.3 is 10.6 Å². The second kappa shape index (κ2) is 11.2. The monoisotopic (exact) mass is 348 g/mol. The molecule has 0 aliphatic rings. The fourth-order valence-electron chi connectivity index (χ4n) is 1.72. The third-order valence-electron chi connectivity index (χ3n) is 2.85. The molecule has 0 atom stereocenters. The first-order chi connectivity index (χ1) is 10.1. The minimum Gasteiger partial charge on any atom is -0.354 e. The van der Waals surface area contributed by atoms with Crippen molar-refractivity contribution in [3.63, 3.8) is 0 Å². The molecule has 0 radical (unpaired) electrons. The normalized spacial score (nSPS) is 10.6. The second-order valence-corrected chi connectivity index (χ2v) is 6.45. The Bertz CT molecular complexity index is 423. The number of carbonyl (C=O) groups excluding carboxylic acids is 1.